The van der Waals surface area contributed by atoms with Gasteiger partial charge in [0.25, 0.3) is 0 Å². The van der Waals surface area contributed by atoms with Crippen molar-refractivity contribution in [2.45, 2.75) is 114 Å². The van der Waals surface area contributed by atoms with Crippen molar-refractivity contribution in [3.63, 3.8) is 0 Å². The van der Waals surface area contributed by atoms with E-state index >= 15 is 0 Å². The van der Waals surface area contributed by atoms with Gasteiger partial charge in [-0.15, -0.1) is 11.8 Å². The molecule has 324 valence electrons. The number of carbonyl (C=O) groups excluding carboxylic acids is 6. The average molecular weight is 867 g/mol. The maximum atomic E-state index is 14.3. The number of benzene rings is 1. The normalized spacial score (nSPS) is 32.9. The van der Waals surface area contributed by atoms with Crippen LogP contribution in [0, 0.1) is 5.92 Å². The van der Waals surface area contributed by atoms with Crippen LogP contribution in [0.4, 0.5) is 10.5 Å². The molecule has 4 aliphatic heterocycles. The first-order valence-electron chi connectivity index (χ1n) is 20.9. The molecule has 16 nitrogen and oxygen atoms in total. The number of carbonyl (C=O) groups is 6. The number of likely N-dealkylation sites (N-methyl/N-ethyl adjacent to an activating group) is 1. The second kappa shape index (κ2) is 18.6. The summed E-state index contributed by atoms with van der Waals surface area (Å²) in [6.45, 7) is 5.14. The second-order valence-corrected chi connectivity index (χ2v) is 17.1. The topological polar surface area (TPSA) is 194 Å². The van der Waals surface area contributed by atoms with Crippen molar-refractivity contribution in [1.29, 1.82) is 0 Å². The number of esters is 1. The highest BCUT2D eigenvalue weighted by molar-refractivity contribution is 8.00. The van der Waals surface area contributed by atoms with Crippen LogP contribution in [0.2, 0.25) is 5.02 Å². The smallest absolute Gasteiger partial charge is 0.409 e. The zero-order valence-corrected chi connectivity index (χ0v) is 36.0. The van der Waals surface area contributed by atoms with Gasteiger partial charge in [0.1, 0.15) is 40.7 Å². The highest BCUT2D eigenvalue weighted by Crippen LogP contribution is 2.49. The predicted octanol–water partition coefficient (Wildman–Crippen LogP) is 3.79. The van der Waals surface area contributed by atoms with Crippen LogP contribution in [0.3, 0.4) is 0 Å². The van der Waals surface area contributed by atoms with Crippen molar-refractivity contribution in [3.8, 4) is 5.75 Å². The molecule has 1 aromatic carbocycles. The molecule has 0 spiro atoms. The highest BCUT2D eigenvalue weighted by Gasteiger charge is 2.64. The fourth-order valence-electron chi connectivity index (χ4n) is 7.69. The Morgan fingerprint density at radius 2 is 1.93 bits per heavy atom. The largest absolute Gasteiger partial charge is 0.495 e. The third-order valence-electron chi connectivity index (χ3n) is 11.4. The van der Waals surface area contributed by atoms with Gasteiger partial charge in [0.15, 0.2) is 5.72 Å². The van der Waals surface area contributed by atoms with Crippen LogP contribution in [-0.2, 0) is 49.3 Å². The van der Waals surface area contributed by atoms with Crippen LogP contribution in [0.5, 0.6) is 5.75 Å². The maximum Gasteiger partial charge on any atom is 0.409 e. The number of allylic oxidation sites excluding steroid dienone is 3. The van der Waals surface area contributed by atoms with Gasteiger partial charge in [-0.05, 0) is 51.8 Å². The van der Waals surface area contributed by atoms with Gasteiger partial charge in [-0.2, -0.15) is 0 Å². The molecule has 3 saturated heterocycles. The van der Waals surface area contributed by atoms with E-state index in [-0.39, 0.29) is 54.1 Å². The van der Waals surface area contributed by atoms with Crippen molar-refractivity contribution < 1.29 is 61.7 Å². The predicted molar refractivity (Wildman–Crippen MR) is 219 cm³/mol. The first-order valence-corrected chi connectivity index (χ1v) is 20.8. The number of nitrogens with one attached hydrogen (secondary N) is 1. The molecule has 59 heavy (non-hydrogen) atoms. The molecule has 5 rings (SSSR count). The van der Waals surface area contributed by atoms with Crippen LogP contribution in [0.25, 0.3) is 0 Å². The van der Waals surface area contributed by atoms with E-state index in [1.54, 1.807) is 45.1 Å². The van der Waals surface area contributed by atoms with Gasteiger partial charge in [-0.3, -0.25) is 29.4 Å². The van der Waals surface area contributed by atoms with Gasteiger partial charge in [-0.25, -0.2) is 9.59 Å². The van der Waals surface area contributed by atoms with Crippen LogP contribution >= 0.6 is 23.4 Å². The number of halogens is 1. The van der Waals surface area contributed by atoms with E-state index in [9.17, 15) is 33.9 Å². The summed E-state index contributed by atoms with van der Waals surface area (Å²) in [5.41, 5.74) is -1.47. The number of hydrogen-bond acceptors (Lipinski definition) is 13. The third kappa shape index (κ3) is 9.91. The summed E-state index contributed by atoms with van der Waals surface area (Å²) < 4.78 is 53.6. The molecule has 0 aromatic heterocycles. The SMILES string of the molecule is [2H][13C]([2H])([2H])N(C(=O)CCSC1CC(=O)N(CC)C1=O)[C@@H](C)C(=O)O[C@H]1CC(=O)N(C)c2cc(cc(OC)c2Cl)C/C(C)=C/C=C/[C@@H](OC)[C@@]2(O)C[C@H](OC(=O)N2)[C@@H](C)[C@@H]2O[C@@]12C. The molecule has 3 fully saturated rings. The van der Waals surface area contributed by atoms with E-state index in [0.29, 0.717) is 17.1 Å². The van der Waals surface area contributed by atoms with Crippen molar-refractivity contribution >= 4 is 64.7 Å². The average Bonchev–Trinajstić information content (AvgIpc) is 3.81. The summed E-state index contributed by atoms with van der Waals surface area (Å²) in [6, 6.07) is 1.75. The van der Waals surface area contributed by atoms with Gasteiger partial charge < -0.3 is 38.6 Å². The summed E-state index contributed by atoms with van der Waals surface area (Å²) in [6.07, 6.45) is -0.715. The third-order valence-corrected chi connectivity index (χ3v) is 13.0. The Balaban J connectivity index is 1.47. The molecule has 1 unspecified atom stereocenters. The molecular formula is C41H55ClN4O12S. The Morgan fingerprint density at radius 3 is 2.58 bits per heavy atom. The summed E-state index contributed by atoms with van der Waals surface area (Å²) in [5, 5.41) is 13.7. The van der Waals surface area contributed by atoms with Gasteiger partial charge in [-0.1, -0.05) is 42.3 Å². The number of rotatable bonds is 10. The number of epoxide rings is 1. The quantitative estimate of drug-likeness (QED) is 0.150. The van der Waals surface area contributed by atoms with Crippen molar-refractivity contribution in [2.75, 3.05) is 45.4 Å². The number of likely N-dealkylation sites (tertiary alicyclic amines) is 1. The minimum atomic E-state index is -3.11. The Bertz CT molecular complexity index is 2010. The minimum absolute atomic E-state index is 0.00837. The number of methoxy groups -OCH3 is 2. The number of thioether (sulfide) groups is 1. The standard InChI is InChI=1S/C41H55ClN4O12S/c1-10-46-34(49)19-29(37(46)50)59-15-14-32(47)44(6)24(4)38(51)57-31-20-33(48)45(7)26-17-25(18-27(54-8)35(26)42)16-22(2)12-11-13-30(55-9)41(53)21-28(56-39(52)43-41)23(3)36-40(31,5)58-36/h11-13,17-18,23-24,28-31,36,53H,10,14-16,19-21H2,1-9H3,(H,43,52)/b13-11+,22-12+/t23-,24+,28+,29?,30-,31+,36+,40+,41+/m1/s1/i6+1D3. The first-order chi connectivity index (χ1) is 29.0. The zero-order chi connectivity index (χ0) is 46.1. The monoisotopic (exact) mass is 866 g/mol. The number of anilines is 1. The molecule has 2 N–H and O–H groups in total. The highest BCUT2D eigenvalue weighted by atomic mass is 35.5. The van der Waals surface area contributed by atoms with E-state index in [1.165, 1.54) is 33.1 Å². The summed E-state index contributed by atoms with van der Waals surface area (Å²) in [4.78, 5) is 82.5. The lowest BCUT2D eigenvalue weighted by Gasteiger charge is -2.42. The molecule has 18 heteroatoms. The number of hydrogen-bond donors (Lipinski definition) is 2. The molecule has 4 bridgehead atoms. The van der Waals surface area contributed by atoms with E-state index in [0.717, 1.165) is 27.8 Å². The summed E-state index contributed by atoms with van der Waals surface area (Å²) >= 11 is 7.81. The molecule has 0 saturated carbocycles. The lowest BCUT2D eigenvalue weighted by atomic mass is 9.83. The van der Waals surface area contributed by atoms with Gasteiger partial charge >= 0.3 is 12.1 Å². The molecule has 0 radical (unpaired) electrons. The van der Waals surface area contributed by atoms with Crippen LogP contribution < -0.4 is 15.0 Å². The second-order valence-electron chi connectivity index (χ2n) is 15.5. The molecule has 9 atom stereocenters. The van der Waals surface area contributed by atoms with Crippen LogP contribution in [-0.4, -0.2) is 138 Å². The Labute approximate surface area is 358 Å². The molecule has 0 aliphatic carbocycles. The van der Waals surface area contributed by atoms with Gasteiger partial charge in [0.05, 0.1) is 30.6 Å². The molecule has 5 amide bonds. The number of amides is 5. The molecular weight excluding hydrogens is 809 g/mol. The van der Waals surface area contributed by atoms with Crippen molar-refractivity contribution in [2.24, 2.45) is 5.92 Å². The lowest BCUT2D eigenvalue weighted by Crippen LogP contribution is -2.63. The summed E-state index contributed by atoms with van der Waals surface area (Å²) in [5.74, 6) is -3.77. The number of aliphatic hydroxyl groups is 1. The maximum absolute atomic E-state index is 14.3. The molecule has 4 heterocycles. The zero-order valence-electron chi connectivity index (χ0n) is 37.4. The van der Waals surface area contributed by atoms with E-state index < -0.39 is 90.2 Å². The van der Waals surface area contributed by atoms with E-state index in [4.69, 9.17) is 39.4 Å². The Kier molecular flexibility index (Phi) is 13.1. The number of nitrogens with zero attached hydrogens (tertiary/aromatic N) is 3. The number of fused-ring (bicyclic) bond motifs is 5. The fourth-order valence-corrected chi connectivity index (χ4v) is 9.11. The Hall–Kier alpha value is -4.16. The fraction of sp³-hybridized carbons (Fsp3) is 0.610. The number of imide groups is 1. The van der Waals surface area contributed by atoms with E-state index in [2.05, 4.69) is 5.32 Å². The van der Waals surface area contributed by atoms with Crippen molar-refractivity contribution in [3.05, 3.63) is 46.5 Å². The van der Waals surface area contributed by atoms with Gasteiger partial charge in [0.2, 0.25) is 23.6 Å². The number of alkyl carbamates (subject to hydrolysis) is 1. The Morgan fingerprint density at radius 1 is 1.20 bits per heavy atom. The van der Waals surface area contributed by atoms with E-state index in [1.807, 2.05) is 13.0 Å². The molecule has 1 aromatic rings. The van der Waals surface area contributed by atoms with Crippen molar-refractivity contribution in [1.82, 2.24) is 15.1 Å². The molecule has 4 aliphatic rings. The summed E-state index contributed by atoms with van der Waals surface area (Å²) in [7, 11) is 4.31. The number of ether oxygens (including phenoxy) is 5. The first kappa shape index (κ1) is 41.6. The van der Waals surface area contributed by atoms with Crippen LogP contribution in [0.15, 0.2) is 35.9 Å². The van der Waals surface area contributed by atoms with Crippen LogP contribution in [0.1, 0.15) is 70.0 Å². The minimum Gasteiger partial charge on any atom is -0.495 e. The van der Waals surface area contributed by atoms with Gasteiger partial charge in [0, 0.05) is 62.7 Å². The lowest BCUT2D eigenvalue weighted by molar-refractivity contribution is -0.162.